The SMILES string of the molecule is C#CCOC(C(=O)NC)c1ccccc1. The van der Waals surface area contributed by atoms with Gasteiger partial charge in [-0.15, -0.1) is 6.42 Å². The van der Waals surface area contributed by atoms with E-state index in [2.05, 4.69) is 11.2 Å². The molecule has 1 N–H and O–H groups in total. The van der Waals surface area contributed by atoms with E-state index in [1.807, 2.05) is 30.3 Å². The van der Waals surface area contributed by atoms with Gasteiger partial charge in [-0.25, -0.2) is 0 Å². The minimum Gasteiger partial charge on any atom is -0.357 e. The highest BCUT2D eigenvalue weighted by atomic mass is 16.5. The highest BCUT2D eigenvalue weighted by molar-refractivity contribution is 5.81. The van der Waals surface area contributed by atoms with Crippen LogP contribution in [0, 0.1) is 12.3 Å². The number of hydrogen-bond donors (Lipinski definition) is 1. The fourth-order valence-electron chi connectivity index (χ4n) is 1.21. The molecule has 1 atom stereocenters. The first-order chi connectivity index (χ1) is 7.29. The zero-order valence-corrected chi connectivity index (χ0v) is 8.57. The maximum Gasteiger partial charge on any atom is 0.253 e. The van der Waals surface area contributed by atoms with Crippen molar-refractivity contribution in [2.24, 2.45) is 0 Å². The largest absolute Gasteiger partial charge is 0.357 e. The van der Waals surface area contributed by atoms with Gasteiger partial charge in [0.1, 0.15) is 6.61 Å². The molecule has 0 spiro atoms. The van der Waals surface area contributed by atoms with Crippen LogP contribution in [0.25, 0.3) is 0 Å². The standard InChI is InChI=1S/C12H13NO2/c1-3-9-15-11(12(14)13-2)10-7-5-4-6-8-10/h1,4-8,11H,9H2,2H3,(H,13,14). The molecule has 0 aliphatic heterocycles. The van der Waals surface area contributed by atoms with E-state index in [1.165, 1.54) is 0 Å². The number of likely N-dealkylation sites (N-methyl/N-ethyl adjacent to an activating group) is 1. The predicted molar refractivity (Wildman–Crippen MR) is 58.0 cm³/mol. The van der Waals surface area contributed by atoms with Gasteiger partial charge in [0.15, 0.2) is 6.10 Å². The Balaban J connectivity index is 2.82. The molecule has 1 unspecified atom stereocenters. The third-order valence-electron chi connectivity index (χ3n) is 1.92. The summed E-state index contributed by atoms with van der Waals surface area (Å²) in [7, 11) is 1.57. The van der Waals surface area contributed by atoms with Crippen molar-refractivity contribution < 1.29 is 9.53 Å². The second kappa shape index (κ2) is 5.84. The minimum absolute atomic E-state index is 0.118. The number of hydrogen-bond acceptors (Lipinski definition) is 2. The monoisotopic (exact) mass is 203 g/mol. The molecular formula is C12H13NO2. The van der Waals surface area contributed by atoms with Gasteiger partial charge in [-0.2, -0.15) is 0 Å². The van der Waals surface area contributed by atoms with Crippen LogP contribution < -0.4 is 5.32 Å². The molecule has 1 rings (SSSR count). The van der Waals surface area contributed by atoms with Crippen LogP contribution in [0.5, 0.6) is 0 Å². The van der Waals surface area contributed by atoms with Crippen LogP contribution in [-0.2, 0) is 9.53 Å². The normalized spacial score (nSPS) is 11.5. The summed E-state index contributed by atoms with van der Waals surface area (Å²) in [4.78, 5) is 11.5. The Labute approximate surface area is 89.4 Å². The molecular weight excluding hydrogens is 190 g/mol. The fourth-order valence-corrected chi connectivity index (χ4v) is 1.21. The topological polar surface area (TPSA) is 38.3 Å². The number of ether oxygens (including phenoxy) is 1. The van der Waals surface area contributed by atoms with Gasteiger partial charge >= 0.3 is 0 Å². The Bertz CT molecular complexity index is 354. The molecule has 0 bridgehead atoms. The predicted octanol–water partition coefficient (Wildman–Crippen LogP) is 1.12. The molecule has 1 aromatic carbocycles. The Morgan fingerprint density at radius 1 is 1.53 bits per heavy atom. The number of carbonyl (C=O) groups excluding carboxylic acids is 1. The van der Waals surface area contributed by atoms with Crippen LogP contribution in [0.15, 0.2) is 30.3 Å². The van der Waals surface area contributed by atoms with Gasteiger partial charge in [-0.05, 0) is 5.56 Å². The molecule has 0 fully saturated rings. The number of amides is 1. The summed E-state index contributed by atoms with van der Waals surface area (Å²) in [5.41, 5.74) is 0.798. The lowest BCUT2D eigenvalue weighted by molar-refractivity contribution is -0.131. The summed E-state index contributed by atoms with van der Waals surface area (Å²) in [5, 5.41) is 2.54. The van der Waals surface area contributed by atoms with E-state index in [1.54, 1.807) is 7.05 Å². The average Bonchev–Trinajstić information content (AvgIpc) is 2.30. The van der Waals surface area contributed by atoms with Crippen molar-refractivity contribution in [1.82, 2.24) is 5.32 Å². The third-order valence-corrected chi connectivity index (χ3v) is 1.92. The van der Waals surface area contributed by atoms with Gasteiger partial charge in [-0.1, -0.05) is 36.3 Å². The van der Waals surface area contributed by atoms with Crippen LogP contribution in [0.4, 0.5) is 0 Å². The van der Waals surface area contributed by atoms with Gasteiger partial charge in [0.2, 0.25) is 0 Å². The highest BCUT2D eigenvalue weighted by Crippen LogP contribution is 2.16. The molecule has 0 aliphatic rings. The van der Waals surface area contributed by atoms with E-state index >= 15 is 0 Å². The lowest BCUT2D eigenvalue weighted by atomic mass is 10.1. The van der Waals surface area contributed by atoms with Crippen LogP contribution in [0.1, 0.15) is 11.7 Å². The molecule has 15 heavy (non-hydrogen) atoms. The van der Waals surface area contributed by atoms with Gasteiger partial charge in [0.25, 0.3) is 5.91 Å². The lowest BCUT2D eigenvalue weighted by Gasteiger charge is -2.14. The summed E-state index contributed by atoms with van der Waals surface area (Å²) in [6, 6.07) is 9.24. The molecule has 0 saturated heterocycles. The second-order valence-corrected chi connectivity index (χ2v) is 2.92. The molecule has 3 nitrogen and oxygen atoms in total. The van der Waals surface area contributed by atoms with Crippen LogP contribution >= 0.6 is 0 Å². The molecule has 1 amide bonds. The van der Waals surface area contributed by atoms with Gasteiger partial charge < -0.3 is 10.1 Å². The van der Waals surface area contributed by atoms with Gasteiger partial charge in [-0.3, -0.25) is 4.79 Å². The average molecular weight is 203 g/mol. The van der Waals surface area contributed by atoms with Crippen molar-refractivity contribution in [3.63, 3.8) is 0 Å². The molecule has 1 aromatic rings. The van der Waals surface area contributed by atoms with E-state index in [4.69, 9.17) is 11.2 Å². The Hall–Kier alpha value is -1.79. The van der Waals surface area contributed by atoms with Crippen molar-refractivity contribution in [1.29, 1.82) is 0 Å². The first-order valence-corrected chi connectivity index (χ1v) is 4.61. The maximum atomic E-state index is 11.5. The minimum atomic E-state index is -0.632. The summed E-state index contributed by atoms with van der Waals surface area (Å²) >= 11 is 0. The molecule has 0 radical (unpaired) electrons. The lowest BCUT2D eigenvalue weighted by Crippen LogP contribution is -2.27. The molecule has 0 aliphatic carbocycles. The summed E-state index contributed by atoms with van der Waals surface area (Å²) in [6.45, 7) is 0.118. The van der Waals surface area contributed by atoms with Crippen LogP contribution in [0.3, 0.4) is 0 Å². The van der Waals surface area contributed by atoms with Crippen LogP contribution in [0.2, 0.25) is 0 Å². The van der Waals surface area contributed by atoms with Crippen molar-refractivity contribution in [3.05, 3.63) is 35.9 Å². The Morgan fingerprint density at radius 3 is 2.73 bits per heavy atom. The molecule has 3 heteroatoms. The zero-order valence-electron chi connectivity index (χ0n) is 8.57. The number of benzene rings is 1. The summed E-state index contributed by atoms with van der Waals surface area (Å²) in [6.07, 6.45) is 4.46. The first-order valence-electron chi connectivity index (χ1n) is 4.61. The van der Waals surface area contributed by atoms with Crippen molar-refractivity contribution in [2.75, 3.05) is 13.7 Å². The van der Waals surface area contributed by atoms with E-state index in [0.29, 0.717) is 0 Å². The van der Waals surface area contributed by atoms with E-state index in [0.717, 1.165) is 5.56 Å². The van der Waals surface area contributed by atoms with Crippen molar-refractivity contribution >= 4 is 5.91 Å². The smallest absolute Gasteiger partial charge is 0.253 e. The third kappa shape index (κ3) is 3.12. The number of nitrogens with one attached hydrogen (secondary N) is 1. The molecule has 0 saturated carbocycles. The summed E-state index contributed by atoms with van der Waals surface area (Å²) in [5.74, 6) is 2.15. The first kappa shape index (κ1) is 11.3. The highest BCUT2D eigenvalue weighted by Gasteiger charge is 2.19. The Morgan fingerprint density at radius 2 is 2.20 bits per heavy atom. The quantitative estimate of drug-likeness (QED) is 0.745. The number of carbonyl (C=O) groups is 1. The molecule has 0 aromatic heterocycles. The Kier molecular flexibility index (Phi) is 4.39. The zero-order chi connectivity index (χ0) is 11.1. The van der Waals surface area contributed by atoms with E-state index < -0.39 is 6.10 Å². The fraction of sp³-hybridized carbons (Fsp3) is 0.250. The van der Waals surface area contributed by atoms with Gasteiger partial charge in [0, 0.05) is 7.05 Å². The number of terminal acetylenes is 1. The molecule has 0 heterocycles. The van der Waals surface area contributed by atoms with Crippen molar-refractivity contribution in [3.8, 4) is 12.3 Å². The van der Waals surface area contributed by atoms with Crippen LogP contribution in [-0.4, -0.2) is 19.6 Å². The van der Waals surface area contributed by atoms with E-state index in [-0.39, 0.29) is 12.5 Å². The van der Waals surface area contributed by atoms with E-state index in [9.17, 15) is 4.79 Å². The van der Waals surface area contributed by atoms with Gasteiger partial charge in [0.05, 0.1) is 0 Å². The second-order valence-electron chi connectivity index (χ2n) is 2.92. The van der Waals surface area contributed by atoms with Crippen molar-refractivity contribution in [2.45, 2.75) is 6.10 Å². The molecule has 78 valence electrons. The number of rotatable bonds is 4. The maximum absolute atomic E-state index is 11.5. The summed E-state index contributed by atoms with van der Waals surface area (Å²) < 4.78 is 5.28.